The van der Waals surface area contributed by atoms with E-state index in [1.165, 1.54) is 18.4 Å². The van der Waals surface area contributed by atoms with E-state index in [-0.39, 0.29) is 63.3 Å². The Kier molecular flexibility index (Phi) is 36.2. The van der Waals surface area contributed by atoms with Gasteiger partial charge < -0.3 is 23.5 Å². The van der Waals surface area contributed by atoms with E-state index in [4.69, 9.17) is 34.8 Å². The summed E-state index contributed by atoms with van der Waals surface area (Å²) < 4.78 is 0. The molecule has 2 atom stereocenters. The Morgan fingerprint density at radius 3 is 2.14 bits per heavy atom. The summed E-state index contributed by atoms with van der Waals surface area (Å²) in [6.07, 6.45) is 12.4. The van der Waals surface area contributed by atoms with Crippen LogP contribution in [0.5, 0.6) is 0 Å². The molecule has 202 valence electrons. The molecular weight excluding hydrogens is 536 g/mol. The third-order valence-corrected chi connectivity index (χ3v) is 5.57. The molecule has 0 bridgehead atoms. The number of allylic oxidation sites excluding steroid dienone is 3. The minimum absolute atomic E-state index is 0. The van der Waals surface area contributed by atoms with Gasteiger partial charge >= 0.3 is 51.4 Å². The van der Waals surface area contributed by atoms with Gasteiger partial charge in [-0.1, -0.05) is 106 Å². The van der Waals surface area contributed by atoms with Crippen LogP contribution in [-0.2, 0) is 4.79 Å². The summed E-state index contributed by atoms with van der Waals surface area (Å²) in [4.78, 5) is 9.89. The van der Waals surface area contributed by atoms with Crippen LogP contribution in [0.3, 0.4) is 0 Å². The Morgan fingerprint density at radius 1 is 1.25 bits per heavy atom. The molecule has 0 aromatic heterocycles. The number of rotatable bonds is 11. The Balaban J connectivity index is -0.000000225. The van der Waals surface area contributed by atoms with Crippen LogP contribution in [0, 0.1) is 19.3 Å². The molecule has 1 rings (SSSR count). The number of halogens is 3. The summed E-state index contributed by atoms with van der Waals surface area (Å²) in [5.41, 5.74) is 2.86. The molecule has 1 N–H and O–H groups in total. The standard InChI is InChI=1S/C13H14Cl3N.C7H13O.C6H11.C4H9.K/c1-4-12(15)9(3)17-8(2)11-6-5-10(14)7-13(11)16;1-3-4-5-7(2)6-8;1-4-5-6(2)3;1-3-4-2;/h4-8,17H,3H2,1-2H3;7H,3-5H2,1-2H3;1-2,4-5H2,3H3;3H,4H2,1-2H3;/q;3*-1;+1/b12-4+;;;;. The van der Waals surface area contributed by atoms with Crippen LogP contribution in [0.4, 0.5) is 0 Å². The Bertz CT molecular complexity index is 733. The number of unbranched alkanes of at least 4 members (excludes halogenated alkanes) is 2. The molecule has 36 heavy (non-hydrogen) atoms. The van der Waals surface area contributed by atoms with Crippen molar-refractivity contribution >= 4 is 41.1 Å². The number of benzene rings is 1. The van der Waals surface area contributed by atoms with Gasteiger partial charge in [-0.25, -0.2) is 0 Å². The zero-order valence-electron chi connectivity index (χ0n) is 23.9. The Morgan fingerprint density at radius 2 is 1.81 bits per heavy atom. The molecule has 1 aromatic carbocycles. The normalized spacial score (nSPS) is 11.5. The largest absolute Gasteiger partial charge is 1.00 e. The van der Waals surface area contributed by atoms with Gasteiger partial charge in [0.1, 0.15) is 0 Å². The van der Waals surface area contributed by atoms with Crippen molar-refractivity contribution in [3.8, 4) is 0 Å². The van der Waals surface area contributed by atoms with Crippen molar-refractivity contribution in [3.63, 3.8) is 0 Å². The number of hydrogen-bond acceptors (Lipinski definition) is 2. The Hall–Kier alpha value is 0.416. The molecule has 0 saturated carbocycles. The third kappa shape index (κ3) is 27.5. The average molecular weight is 583 g/mol. The number of hydrogen-bond donors (Lipinski definition) is 1. The second-order valence-electron chi connectivity index (χ2n) is 8.19. The molecule has 1 aromatic rings. The van der Waals surface area contributed by atoms with Crippen LogP contribution < -0.4 is 56.7 Å². The number of nitrogens with one attached hydrogen (secondary N) is 1. The first-order valence-corrected chi connectivity index (χ1v) is 13.4. The molecule has 2 nitrogen and oxygen atoms in total. The van der Waals surface area contributed by atoms with E-state index in [0.717, 1.165) is 31.2 Å². The van der Waals surface area contributed by atoms with Gasteiger partial charge in [0.2, 0.25) is 0 Å². The summed E-state index contributed by atoms with van der Waals surface area (Å²) >= 11 is 17.9. The molecule has 0 aliphatic carbocycles. The monoisotopic (exact) mass is 581 g/mol. The van der Waals surface area contributed by atoms with Crippen molar-refractivity contribution < 1.29 is 56.2 Å². The first-order valence-electron chi connectivity index (χ1n) is 12.3. The second-order valence-corrected chi connectivity index (χ2v) is 9.44. The maximum atomic E-state index is 9.89. The summed E-state index contributed by atoms with van der Waals surface area (Å²) in [5, 5.41) is 5.03. The predicted molar refractivity (Wildman–Crippen MR) is 161 cm³/mol. The minimum Gasteiger partial charge on any atom is -0.542 e. The van der Waals surface area contributed by atoms with Gasteiger partial charge in [-0.3, -0.25) is 6.29 Å². The molecule has 0 radical (unpaired) electrons. The molecule has 0 saturated heterocycles. The average Bonchev–Trinajstić information content (AvgIpc) is 2.82. The minimum atomic E-state index is 0. The second kappa shape index (κ2) is 30.0. The summed E-state index contributed by atoms with van der Waals surface area (Å²) in [5.74, 6) is 0.148. The molecule has 0 spiro atoms. The van der Waals surface area contributed by atoms with Crippen LogP contribution in [-0.4, -0.2) is 6.29 Å². The van der Waals surface area contributed by atoms with Crippen molar-refractivity contribution in [2.75, 3.05) is 0 Å². The molecule has 0 heterocycles. The summed E-state index contributed by atoms with van der Waals surface area (Å²) in [6, 6.07) is 5.43. The summed E-state index contributed by atoms with van der Waals surface area (Å²) in [6.45, 7) is 25.3. The van der Waals surface area contributed by atoms with E-state index in [2.05, 4.69) is 52.6 Å². The molecule has 0 aliphatic rings. The molecule has 0 aliphatic heterocycles. The van der Waals surface area contributed by atoms with E-state index in [1.54, 1.807) is 18.2 Å². The predicted octanol–water partition coefficient (Wildman–Crippen LogP) is 8.02. The van der Waals surface area contributed by atoms with Crippen LogP contribution in [0.15, 0.2) is 53.7 Å². The van der Waals surface area contributed by atoms with Crippen molar-refractivity contribution in [2.45, 2.75) is 93.0 Å². The first kappa shape index (κ1) is 43.5. The van der Waals surface area contributed by atoms with Crippen molar-refractivity contribution in [1.29, 1.82) is 0 Å². The molecular formula is C30H47Cl3KNO-2. The SMILES string of the molecule is C=C(C)CC[CH2-].C=C(NC(C)c1ccc(Cl)cc1Cl)/C(Cl)=C\C.CCCCC(C)[C-]=O.C[CH-]CC.[K+]. The van der Waals surface area contributed by atoms with Gasteiger partial charge in [-0.15, -0.1) is 12.5 Å². The Labute approximate surface area is 281 Å². The molecule has 0 fully saturated rings. The van der Waals surface area contributed by atoms with E-state index >= 15 is 0 Å². The van der Waals surface area contributed by atoms with E-state index in [0.29, 0.717) is 20.8 Å². The van der Waals surface area contributed by atoms with E-state index in [1.807, 2.05) is 40.0 Å². The van der Waals surface area contributed by atoms with Gasteiger partial charge in [-0.05, 0) is 38.5 Å². The van der Waals surface area contributed by atoms with Crippen LogP contribution in [0.1, 0.15) is 98.6 Å². The maximum absolute atomic E-state index is 9.89. The topological polar surface area (TPSA) is 29.1 Å². The van der Waals surface area contributed by atoms with Gasteiger partial charge in [0.05, 0.1) is 11.1 Å². The van der Waals surface area contributed by atoms with Crippen molar-refractivity contribution in [2.24, 2.45) is 5.92 Å². The fourth-order valence-corrected chi connectivity index (χ4v) is 2.93. The molecule has 0 amide bonds. The zero-order valence-corrected chi connectivity index (χ0v) is 29.3. The van der Waals surface area contributed by atoms with Crippen LogP contribution in [0.25, 0.3) is 0 Å². The van der Waals surface area contributed by atoms with Crippen LogP contribution >= 0.6 is 34.8 Å². The molecule has 2 unspecified atom stereocenters. The molecule has 6 heteroatoms. The van der Waals surface area contributed by atoms with Gasteiger partial charge in [0.15, 0.2) is 0 Å². The first-order chi connectivity index (χ1) is 16.4. The van der Waals surface area contributed by atoms with Gasteiger partial charge in [0.25, 0.3) is 0 Å². The van der Waals surface area contributed by atoms with Crippen LogP contribution in [0.2, 0.25) is 10.0 Å². The van der Waals surface area contributed by atoms with Crippen molar-refractivity contribution in [3.05, 3.63) is 82.7 Å². The fraction of sp³-hybridized carbons (Fsp3) is 0.500. The maximum Gasteiger partial charge on any atom is 1.00 e. The van der Waals surface area contributed by atoms with E-state index in [9.17, 15) is 4.79 Å². The van der Waals surface area contributed by atoms with Gasteiger partial charge in [0, 0.05) is 15.7 Å². The smallest absolute Gasteiger partial charge is 0.542 e. The fourth-order valence-electron chi connectivity index (χ4n) is 2.31. The zero-order chi connectivity index (χ0) is 27.8. The van der Waals surface area contributed by atoms with E-state index < -0.39 is 0 Å². The van der Waals surface area contributed by atoms with Crippen molar-refractivity contribution in [1.82, 2.24) is 5.32 Å². The quantitative estimate of drug-likeness (QED) is 0.124. The van der Waals surface area contributed by atoms with Gasteiger partial charge in [-0.2, -0.15) is 19.8 Å². The third-order valence-electron chi connectivity index (χ3n) is 4.57. The summed E-state index contributed by atoms with van der Waals surface area (Å²) in [7, 11) is 0. The number of carbonyl (C=O) groups excluding carboxylic acids is 1.